The van der Waals surface area contributed by atoms with Crippen molar-refractivity contribution in [2.45, 2.75) is 66.5 Å². The van der Waals surface area contributed by atoms with E-state index in [4.69, 9.17) is 4.74 Å². The number of rotatable bonds is 11. The van der Waals surface area contributed by atoms with E-state index >= 15 is 0 Å². The van der Waals surface area contributed by atoms with Crippen molar-refractivity contribution in [3.05, 3.63) is 58.1 Å². The summed E-state index contributed by atoms with van der Waals surface area (Å²) in [6.45, 7) is 13.8. The lowest BCUT2D eigenvalue weighted by molar-refractivity contribution is -0.139. The van der Waals surface area contributed by atoms with Gasteiger partial charge in [0.1, 0.15) is 6.23 Å². The summed E-state index contributed by atoms with van der Waals surface area (Å²) in [5, 5.41) is 16.1. The van der Waals surface area contributed by atoms with E-state index in [1.54, 1.807) is 0 Å². The van der Waals surface area contributed by atoms with E-state index in [-0.39, 0.29) is 6.42 Å². The van der Waals surface area contributed by atoms with Crippen molar-refractivity contribution in [1.29, 1.82) is 0 Å². The third kappa shape index (κ3) is 6.23. The first-order valence-electron chi connectivity index (χ1n) is 10.8. The van der Waals surface area contributed by atoms with Crippen LogP contribution in [0.4, 0.5) is 11.4 Å². The number of carboxylic acids is 1. The van der Waals surface area contributed by atoms with E-state index in [9.17, 15) is 9.90 Å². The van der Waals surface area contributed by atoms with Crippen LogP contribution < -0.4 is 10.6 Å². The summed E-state index contributed by atoms with van der Waals surface area (Å²) < 4.78 is 5.61. The van der Waals surface area contributed by atoms with Gasteiger partial charge < -0.3 is 20.5 Å². The second-order valence-corrected chi connectivity index (χ2v) is 7.96. The maximum absolute atomic E-state index is 11.2. The molecule has 2 aromatic carbocycles. The summed E-state index contributed by atoms with van der Waals surface area (Å²) in [5.74, 6) is -0.497. The molecule has 164 valence electrons. The van der Waals surface area contributed by atoms with Crippen molar-refractivity contribution in [2.75, 3.05) is 23.8 Å². The van der Waals surface area contributed by atoms with E-state index in [2.05, 4.69) is 75.6 Å². The van der Waals surface area contributed by atoms with Crippen LogP contribution in [0.15, 0.2) is 30.3 Å². The van der Waals surface area contributed by atoms with Crippen molar-refractivity contribution in [1.82, 2.24) is 0 Å². The Kier molecular flexibility index (Phi) is 8.72. The summed E-state index contributed by atoms with van der Waals surface area (Å²) in [6.07, 6.45) is 0.364. The quantitative estimate of drug-likeness (QED) is 0.408. The molecule has 0 fully saturated rings. The molecule has 0 amide bonds. The second kappa shape index (κ2) is 11.0. The highest BCUT2D eigenvalue weighted by molar-refractivity contribution is 5.73. The van der Waals surface area contributed by atoms with Crippen LogP contribution in [0.2, 0.25) is 0 Å². The molecule has 0 spiro atoms. The van der Waals surface area contributed by atoms with Gasteiger partial charge in [0.05, 0.1) is 17.8 Å². The van der Waals surface area contributed by atoms with Crippen LogP contribution in [0.25, 0.3) is 0 Å². The summed E-state index contributed by atoms with van der Waals surface area (Å²) >= 11 is 0. The number of hydrogen-bond donors (Lipinski definition) is 3. The van der Waals surface area contributed by atoms with Gasteiger partial charge in [0, 0.05) is 19.1 Å². The molecule has 5 heteroatoms. The SMILES string of the molecule is CCOC(CC(=O)O)Nc1cc(C)c(C)cc1NCC(CC)c1c(C)cccc1C. The van der Waals surface area contributed by atoms with Gasteiger partial charge in [0.2, 0.25) is 0 Å². The standard InChI is InChI=1S/C25H36N2O3/c1-7-20(25-16(3)10-9-11-17(25)4)15-26-21-12-18(5)19(6)13-22(21)27-23(30-8-2)14-24(28)29/h9-13,20,23,26-27H,7-8,14-15H2,1-6H3,(H,28,29). The molecule has 5 nitrogen and oxygen atoms in total. The fourth-order valence-corrected chi connectivity index (χ4v) is 3.92. The molecule has 0 saturated carbocycles. The van der Waals surface area contributed by atoms with Crippen molar-refractivity contribution >= 4 is 17.3 Å². The zero-order valence-electron chi connectivity index (χ0n) is 19.1. The summed E-state index contributed by atoms with van der Waals surface area (Å²) in [7, 11) is 0. The van der Waals surface area contributed by atoms with E-state index in [1.165, 1.54) is 22.3 Å². The Morgan fingerprint density at radius 3 is 2.13 bits per heavy atom. The number of aryl methyl sites for hydroxylation is 4. The second-order valence-electron chi connectivity index (χ2n) is 7.96. The molecular weight excluding hydrogens is 376 g/mol. The molecule has 0 aliphatic heterocycles. The normalized spacial score (nSPS) is 13.0. The van der Waals surface area contributed by atoms with Crippen molar-refractivity contribution in [2.24, 2.45) is 0 Å². The highest BCUT2D eigenvalue weighted by Crippen LogP contribution is 2.31. The summed E-state index contributed by atoms with van der Waals surface area (Å²) in [4.78, 5) is 11.2. The summed E-state index contributed by atoms with van der Waals surface area (Å²) in [5.41, 5.74) is 8.22. The van der Waals surface area contributed by atoms with Crippen LogP contribution in [0.5, 0.6) is 0 Å². The molecule has 2 aromatic rings. The maximum atomic E-state index is 11.2. The maximum Gasteiger partial charge on any atom is 0.307 e. The van der Waals surface area contributed by atoms with Crippen LogP contribution in [-0.2, 0) is 9.53 Å². The third-order valence-electron chi connectivity index (χ3n) is 5.66. The molecular formula is C25H36N2O3. The predicted molar refractivity (Wildman–Crippen MR) is 125 cm³/mol. The monoisotopic (exact) mass is 412 g/mol. The Balaban J connectivity index is 2.27. The van der Waals surface area contributed by atoms with Gasteiger partial charge in [0.15, 0.2) is 0 Å². The molecule has 0 aliphatic carbocycles. The van der Waals surface area contributed by atoms with Gasteiger partial charge in [-0.2, -0.15) is 0 Å². The number of ether oxygens (including phenoxy) is 1. The molecule has 0 aliphatic rings. The number of carbonyl (C=O) groups is 1. The Hall–Kier alpha value is -2.53. The number of carboxylic acid groups (broad SMARTS) is 1. The first-order valence-corrected chi connectivity index (χ1v) is 10.8. The number of hydrogen-bond acceptors (Lipinski definition) is 4. The smallest absolute Gasteiger partial charge is 0.307 e. The minimum atomic E-state index is -0.889. The van der Waals surface area contributed by atoms with E-state index in [0.717, 1.165) is 29.9 Å². The first-order chi connectivity index (χ1) is 14.3. The Morgan fingerprint density at radius 2 is 1.60 bits per heavy atom. The van der Waals surface area contributed by atoms with Crippen molar-refractivity contribution < 1.29 is 14.6 Å². The third-order valence-corrected chi connectivity index (χ3v) is 5.66. The number of benzene rings is 2. The molecule has 0 heterocycles. The molecule has 30 heavy (non-hydrogen) atoms. The lowest BCUT2D eigenvalue weighted by Crippen LogP contribution is -2.27. The van der Waals surface area contributed by atoms with Crippen molar-refractivity contribution in [3.63, 3.8) is 0 Å². The zero-order valence-corrected chi connectivity index (χ0v) is 19.1. The first kappa shape index (κ1) is 23.7. The lowest BCUT2D eigenvalue weighted by Gasteiger charge is -2.25. The van der Waals surface area contributed by atoms with E-state index < -0.39 is 12.2 Å². The van der Waals surface area contributed by atoms with Gasteiger partial charge in [-0.3, -0.25) is 4.79 Å². The molecule has 0 radical (unpaired) electrons. The molecule has 2 unspecified atom stereocenters. The average molecular weight is 413 g/mol. The Labute approximate surface area is 180 Å². The minimum absolute atomic E-state index is 0.0970. The molecule has 3 N–H and O–H groups in total. The number of nitrogens with one attached hydrogen (secondary N) is 2. The van der Waals surface area contributed by atoms with Crippen LogP contribution in [0.1, 0.15) is 60.4 Å². The molecule has 0 saturated heterocycles. The fourth-order valence-electron chi connectivity index (χ4n) is 3.92. The van der Waals surface area contributed by atoms with E-state index in [1.807, 2.05) is 6.92 Å². The number of anilines is 2. The van der Waals surface area contributed by atoms with Gasteiger partial charge in [-0.15, -0.1) is 0 Å². The van der Waals surface area contributed by atoms with E-state index in [0.29, 0.717) is 12.5 Å². The van der Waals surface area contributed by atoms with Gasteiger partial charge >= 0.3 is 5.97 Å². The van der Waals surface area contributed by atoms with Gasteiger partial charge in [-0.25, -0.2) is 0 Å². The van der Waals surface area contributed by atoms with Gasteiger partial charge in [-0.1, -0.05) is 25.1 Å². The molecule has 2 atom stereocenters. The molecule has 2 rings (SSSR count). The molecule has 0 aromatic heterocycles. The van der Waals surface area contributed by atoms with Crippen LogP contribution in [-0.4, -0.2) is 30.5 Å². The predicted octanol–water partition coefficient (Wildman–Crippen LogP) is 5.78. The highest BCUT2D eigenvalue weighted by atomic mass is 16.5. The van der Waals surface area contributed by atoms with Gasteiger partial charge in [-0.05, 0) is 81.0 Å². The van der Waals surface area contributed by atoms with Crippen LogP contribution >= 0.6 is 0 Å². The Morgan fingerprint density at radius 1 is 1.00 bits per heavy atom. The topological polar surface area (TPSA) is 70.6 Å². The Bertz CT molecular complexity index is 843. The van der Waals surface area contributed by atoms with Crippen LogP contribution in [0, 0.1) is 27.7 Å². The van der Waals surface area contributed by atoms with Crippen LogP contribution in [0.3, 0.4) is 0 Å². The fraction of sp³-hybridized carbons (Fsp3) is 0.480. The number of aliphatic carboxylic acids is 1. The van der Waals surface area contributed by atoms with Gasteiger partial charge in [0.25, 0.3) is 0 Å². The van der Waals surface area contributed by atoms with Crippen molar-refractivity contribution in [3.8, 4) is 0 Å². The highest BCUT2D eigenvalue weighted by Gasteiger charge is 2.18. The minimum Gasteiger partial charge on any atom is -0.481 e. The zero-order chi connectivity index (χ0) is 22.3. The lowest BCUT2D eigenvalue weighted by atomic mass is 9.89. The molecule has 0 bridgehead atoms. The largest absolute Gasteiger partial charge is 0.481 e. The summed E-state index contributed by atoms with van der Waals surface area (Å²) in [6, 6.07) is 10.6. The average Bonchev–Trinajstić information content (AvgIpc) is 2.67.